The summed E-state index contributed by atoms with van der Waals surface area (Å²) in [7, 11) is 1.42. The normalized spacial score (nSPS) is 12.0. The first-order valence-electron chi connectivity index (χ1n) is 8.08. The van der Waals surface area contributed by atoms with Crippen molar-refractivity contribution in [2.45, 2.75) is 6.10 Å². The molecule has 0 radical (unpaired) electrons. The third-order valence-corrected chi connectivity index (χ3v) is 7.12. The zero-order valence-corrected chi connectivity index (χ0v) is 21.6. The average Bonchev–Trinajstić information content (AvgIpc) is 2.65. The molecule has 10 nitrogen and oxygen atoms in total. The van der Waals surface area contributed by atoms with Crippen molar-refractivity contribution >= 4 is 91.2 Å². The summed E-state index contributed by atoms with van der Waals surface area (Å²) < 4.78 is 0.902. The Morgan fingerprint density at radius 1 is 1.00 bits per heavy atom. The van der Waals surface area contributed by atoms with Crippen LogP contribution in [0.15, 0.2) is 0 Å². The first-order valence-corrected chi connectivity index (χ1v) is 11.3. The van der Waals surface area contributed by atoms with Crippen LogP contribution in [-0.4, -0.2) is 82.6 Å². The van der Waals surface area contributed by atoms with Crippen molar-refractivity contribution in [2.75, 3.05) is 38.7 Å². The number of rotatable bonds is 9. The van der Waals surface area contributed by atoms with Crippen LogP contribution in [0.25, 0.3) is 0 Å². The Balaban J connectivity index is 3.58. The van der Waals surface area contributed by atoms with E-state index in [2.05, 4.69) is 5.32 Å². The highest BCUT2D eigenvalue weighted by Gasteiger charge is 2.30. The molecule has 1 aromatic rings. The van der Waals surface area contributed by atoms with Gasteiger partial charge in [-0.1, -0.05) is 0 Å². The number of nitrogens with one attached hydrogen (secondary N) is 1. The Morgan fingerprint density at radius 3 is 1.97 bits per heavy atom. The van der Waals surface area contributed by atoms with E-state index >= 15 is 0 Å². The summed E-state index contributed by atoms with van der Waals surface area (Å²) >= 11 is 5.48. The molecule has 29 heavy (non-hydrogen) atoms. The van der Waals surface area contributed by atoms with Crippen molar-refractivity contribution in [2.24, 2.45) is 11.7 Å². The maximum atomic E-state index is 13.0. The van der Waals surface area contributed by atoms with E-state index in [9.17, 15) is 29.7 Å². The van der Waals surface area contributed by atoms with E-state index in [-0.39, 0.29) is 26.9 Å². The number of nitrogens with two attached hydrogens (primary N) is 1. The van der Waals surface area contributed by atoms with E-state index in [0.717, 1.165) is 0 Å². The summed E-state index contributed by atoms with van der Waals surface area (Å²) in [5, 5.41) is 39.6. The van der Waals surface area contributed by atoms with Gasteiger partial charge in [-0.3, -0.25) is 14.4 Å². The molecule has 0 fully saturated rings. The monoisotopic (exact) mass is 747 g/mol. The molecular weight excluding hydrogens is 727 g/mol. The van der Waals surface area contributed by atoms with Crippen molar-refractivity contribution in [1.29, 1.82) is 0 Å². The van der Waals surface area contributed by atoms with Crippen molar-refractivity contribution in [3.63, 3.8) is 0 Å². The van der Waals surface area contributed by atoms with Gasteiger partial charge >= 0.3 is 0 Å². The van der Waals surface area contributed by atoms with Crippen molar-refractivity contribution in [3.05, 3.63) is 21.8 Å². The number of halogens is 3. The summed E-state index contributed by atoms with van der Waals surface area (Å²) in [5.41, 5.74) is 5.76. The van der Waals surface area contributed by atoms with Gasteiger partial charge in [0.05, 0.1) is 55.8 Å². The van der Waals surface area contributed by atoms with Gasteiger partial charge in [-0.05, 0) is 67.8 Å². The van der Waals surface area contributed by atoms with Gasteiger partial charge in [0.1, 0.15) is 0 Å². The molecule has 162 valence electrons. The first-order chi connectivity index (χ1) is 13.5. The smallest absolute Gasteiger partial charge is 0.255 e. The van der Waals surface area contributed by atoms with Gasteiger partial charge in [-0.15, -0.1) is 0 Å². The van der Waals surface area contributed by atoms with Gasteiger partial charge in [0.2, 0.25) is 5.91 Å². The second-order valence-electron chi connectivity index (χ2n) is 6.00. The Hall–Kier alpha value is -0.340. The molecule has 13 heteroatoms. The molecule has 1 atom stereocenters. The number of nitrogens with zero attached hydrogens (tertiary/aromatic N) is 1. The molecular formula is C16H20I3N3O7. The zero-order chi connectivity index (χ0) is 22.5. The van der Waals surface area contributed by atoms with E-state index in [1.807, 2.05) is 67.8 Å². The van der Waals surface area contributed by atoms with Gasteiger partial charge in [-0.25, -0.2) is 0 Å². The maximum Gasteiger partial charge on any atom is 0.255 e. The van der Waals surface area contributed by atoms with Crippen LogP contribution in [0.1, 0.15) is 20.7 Å². The number of aliphatic hydroxyl groups is 4. The molecule has 0 spiro atoms. The minimum absolute atomic E-state index is 0.0333. The average molecular weight is 747 g/mol. The third-order valence-electron chi connectivity index (χ3n) is 3.88. The number of anilines is 1. The molecule has 0 saturated heterocycles. The highest BCUT2D eigenvalue weighted by molar-refractivity contribution is 14.1. The van der Waals surface area contributed by atoms with Crippen LogP contribution >= 0.6 is 67.8 Å². The minimum Gasteiger partial charge on any atom is -0.395 e. The summed E-state index contributed by atoms with van der Waals surface area (Å²) in [5.74, 6) is -3.13. The number of carbonyl (C=O) groups is 3. The lowest BCUT2D eigenvalue weighted by atomic mass is 10.1. The molecule has 0 saturated carbocycles. The predicted octanol–water partition coefficient (Wildman–Crippen LogP) is -0.436. The number of carbonyl (C=O) groups excluding carboxylic acids is 3. The Bertz CT molecular complexity index is 803. The Morgan fingerprint density at radius 2 is 1.52 bits per heavy atom. The van der Waals surface area contributed by atoms with Crippen molar-refractivity contribution in [1.82, 2.24) is 4.90 Å². The molecule has 1 aromatic carbocycles. The molecule has 7 N–H and O–H groups in total. The molecule has 0 bridgehead atoms. The van der Waals surface area contributed by atoms with Crippen LogP contribution in [0.4, 0.5) is 5.69 Å². The summed E-state index contributed by atoms with van der Waals surface area (Å²) in [4.78, 5) is 38.5. The number of benzene rings is 1. The number of hydrogen-bond acceptors (Lipinski definition) is 7. The van der Waals surface area contributed by atoms with Gasteiger partial charge in [0, 0.05) is 17.2 Å². The number of amides is 3. The fourth-order valence-electron chi connectivity index (χ4n) is 2.27. The van der Waals surface area contributed by atoms with Crippen molar-refractivity contribution < 1.29 is 34.8 Å². The molecule has 0 heterocycles. The van der Waals surface area contributed by atoms with E-state index in [1.54, 1.807) is 0 Å². The van der Waals surface area contributed by atoms with Crippen LogP contribution in [-0.2, 0) is 4.79 Å². The third kappa shape index (κ3) is 6.33. The summed E-state index contributed by atoms with van der Waals surface area (Å²) in [6.45, 7) is -1.86. The zero-order valence-electron chi connectivity index (χ0n) is 15.2. The fourth-order valence-corrected chi connectivity index (χ4v) is 6.70. The SMILES string of the molecule is CN(CC(O)CO)C(=O)c1c(I)c(NC(=O)C(CO)CO)c(I)c(C(N)=O)c1I. The van der Waals surface area contributed by atoms with Crippen LogP contribution in [0.3, 0.4) is 0 Å². The number of aliphatic hydroxyl groups excluding tert-OH is 4. The second kappa shape index (κ2) is 11.9. The van der Waals surface area contributed by atoms with Gasteiger partial charge in [0.15, 0.2) is 0 Å². The summed E-state index contributed by atoms with van der Waals surface area (Å²) in [6.07, 6.45) is -1.15. The Kier molecular flexibility index (Phi) is 10.9. The highest BCUT2D eigenvalue weighted by Crippen LogP contribution is 2.36. The van der Waals surface area contributed by atoms with Crippen LogP contribution in [0.5, 0.6) is 0 Å². The molecule has 0 aliphatic heterocycles. The number of hydrogen-bond donors (Lipinski definition) is 6. The number of primary amides is 1. The lowest BCUT2D eigenvalue weighted by molar-refractivity contribution is -0.122. The fraction of sp³-hybridized carbons (Fsp3) is 0.438. The van der Waals surface area contributed by atoms with Gasteiger partial charge < -0.3 is 36.4 Å². The quantitative estimate of drug-likeness (QED) is 0.186. The predicted molar refractivity (Wildman–Crippen MR) is 129 cm³/mol. The van der Waals surface area contributed by atoms with Crippen molar-refractivity contribution in [3.8, 4) is 0 Å². The Labute approximate surface area is 207 Å². The van der Waals surface area contributed by atoms with Crippen LogP contribution < -0.4 is 11.1 Å². The standard InChI is InChI=1S/C16H20I3N3O7/c1-22(2-7(26)5-25)16(29)9-10(17)8(14(20)27)11(18)13(12(9)19)21-15(28)6(3-23)4-24/h6-7,23-26H,2-5H2,1H3,(H2,20,27)(H,21,28). The molecule has 3 amide bonds. The lowest BCUT2D eigenvalue weighted by Crippen LogP contribution is -2.37. The van der Waals surface area contributed by atoms with Gasteiger partial charge in [0.25, 0.3) is 11.8 Å². The van der Waals surface area contributed by atoms with Gasteiger partial charge in [-0.2, -0.15) is 0 Å². The molecule has 1 rings (SSSR count). The van der Waals surface area contributed by atoms with E-state index < -0.39 is 49.6 Å². The summed E-state index contributed by atoms with van der Waals surface area (Å²) in [6, 6.07) is 0. The molecule has 1 unspecified atom stereocenters. The van der Waals surface area contributed by atoms with Crippen LogP contribution in [0.2, 0.25) is 0 Å². The molecule has 0 aromatic heterocycles. The van der Waals surface area contributed by atoms with E-state index in [0.29, 0.717) is 7.14 Å². The van der Waals surface area contributed by atoms with Crippen LogP contribution in [0, 0.1) is 16.6 Å². The maximum absolute atomic E-state index is 13.0. The second-order valence-corrected chi connectivity index (χ2v) is 9.24. The molecule has 0 aliphatic carbocycles. The molecule has 0 aliphatic rings. The topological polar surface area (TPSA) is 173 Å². The number of likely N-dealkylation sites (N-methyl/N-ethyl adjacent to an activating group) is 1. The van der Waals surface area contributed by atoms with E-state index in [1.165, 1.54) is 11.9 Å². The lowest BCUT2D eigenvalue weighted by Gasteiger charge is -2.24. The highest BCUT2D eigenvalue weighted by atomic mass is 127. The first kappa shape index (κ1) is 26.7. The largest absolute Gasteiger partial charge is 0.395 e. The minimum atomic E-state index is -1.15. The van der Waals surface area contributed by atoms with E-state index in [4.69, 9.17) is 10.8 Å².